The molecule has 0 aliphatic carbocycles. The minimum atomic E-state index is -0.721. The van der Waals surface area contributed by atoms with E-state index in [9.17, 15) is 15.2 Å². The van der Waals surface area contributed by atoms with E-state index in [0.29, 0.717) is 40.7 Å². The number of carbonyl (C=O) groups excluding carboxylic acids is 1. The van der Waals surface area contributed by atoms with Crippen LogP contribution in [0, 0.1) is 23.2 Å². The van der Waals surface area contributed by atoms with Crippen molar-refractivity contribution >= 4 is 16.8 Å². The maximum Gasteiger partial charge on any atom is 0.269 e. The van der Waals surface area contributed by atoms with Gasteiger partial charge in [-0.1, -0.05) is 31.8 Å². The summed E-state index contributed by atoms with van der Waals surface area (Å²) in [6.07, 6.45) is -0.187. The van der Waals surface area contributed by atoms with E-state index >= 15 is 0 Å². The highest BCUT2D eigenvalue weighted by molar-refractivity contribution is 6.04. The van der Waals surface area contributed by atoms with E-state index in [1.165, 1.54) is 0 Å². The SMILES string of the molecule is CC.CNCC[C@@H](O)C#Cc1cccc(-n2nc(C(N)=O)c3ccc(C#N)cc32)c1. The monoisotopic (exact) mass is 403 g/mol. The van der Waals surface area contributed by atoms with Gasteiger partial charge in [0, 0.05) is 10.9 Å². The molecule has 3 rings (SSSR count). The molecule has 0 radical (unpaired) electrons. The fourth-order valence-corrected chi connectivity index (χ4v) is 2.80. The second kappa shape index (κ2) is 10.8. The Kier molecular flexibility index (Phi) is 8.13. The maximum atomic E-state index is 11.8. The number of aromatic nitrogens is 2. The first-order valence-electron chi connectivity index (χ1n) is 9.71. The zero-order valence-electron chi connectivity index (χ0n) is 17.3. The van der Waals surface area contributed by atoms with Crippen molar-refractivity contribution in [2.45, 2.75) is 26.4 Å². The topological polar surface area (TPSA) is 117 Å². The van der Waals surface area contributed by atoms with Crippen LogP contribution in [0.3, 0.4) is 0 Å². The molecule has 1 amide bonds. The molecule has 0 bridgehead atoms. The molecule has 154 valence electrons. The van der Waals surface area contributed by atoms with Crippen molar-refractivity contribution in [2.75, 3.05) is 13.6 Å². The predicted molar refractivity (Wildman–Crippen MR) is 117 cm³/mol. The van der Waals surface area contributed by atoms with Crippen LogP contribution >= 0.6 is 0 Å². The number of fused-ring (bicyclic) bond motifs is 1. The van der Waals surface area contributed by atoms with Gasteiger partial charge in [0.2, 0.25) is 0 Å². The number of hydrogen-bond acceptors (Lipinski definition) is 5. The van der Waals surface area contributed by atoms with E-state index in [0.717, 1.165) is 0 Å². The lowest BCUT2D eigenvalue weighted by molar-refractivity contribution is 0.0996. The molecule has 0 fully saturated rings. The summed E-state index contributed by atoms with van der Waals surface area (Å²) in [4.78, 5) is 11.8. The Balaban J connectivity index is 0.00000155. The lowest BCUT2D eigenvalue weighted by atomic mass is 10.1. The summed E-state index contributed by atoms with van der Waals surface area (Å²) in [6, 6.07) is 14.3. The first-order valence-corrected chi connectivity index (χ1v) is 9.71. The number of nitrogens with zero attached hydrogens (tertiary/aromatic N) is 3. The highest BCUT2D eigenvalue weighted by atomic mass is 16.3. The van der Waals surface area contributed by atoms with Crippen LogP contribution in [0.15, 0.2) is 42.5 Å². The molecular weight excluding hydrogens is 378 g/mol. The maximum absolute atomic E-state index is 11.8. The summed E-state index contributed by atoms with van der Waals surface area (Å²) in [5, 5.41) is 26.9. The number of carbonyl (C=O) groups is 1. The van der Waals surface area contributed by atoms with Gasteiger partial charge in [-0.2, -0.15) is 10.4 Å². The van der Waals surface area contributed by atoms with Crippen LogP contribution in [0.5, 0.6) is 0 Å². The summed E-state index contributed by atoms with van der Waals surface area (Å²) in [6.45, 7) is 4.67. The number of hydrogen-bond donors (Lipinski definition) is 3. The fourth-order valence-electron chi connectivity index (χ4n) is 2.80. The standard InChI is InChI=1S/C21H19N5O2.C2H6/c1-24-10-9-17(27)7-5-14-3-2-4-16(11-14)26-19-12-15(13-22)6-8-18(19)20(25-26)21(23)28;1-2/h2-4,6,8,11-12,17,24,27H,9-10H2,1H3,(H2,23,28);1-2H3/t17-;/m0./s1. The number of aliphatic hydroxyl groups is 1. The Morgan fingerprint density at radius 3 is 2.70 bits per heavy atom. The minimum absolute atomic E-state index is 0.137. The van der Waals surface area contributed by atoms with Crippen molar-refractivity contribution < 1.29 is 9.90 Å². The van der Waals surface area contributed by atoms with E-state index < -0.39 is 12.0 Å². The zero-order valence-corrected chi connectivity index (χ0v) is 17.3. The highest BCUT2D eigenvalue weighted by Gasteiger charge is 2.16. The molecule has 30 heavy (non-hydrogen) atoms. The van der Waals surface area contributed by atoms with Crippen LogP contribution in [-0.2, 0) is 0 Å². The number of amides is 1. The number of rotatable bonds is 5. The summed E-state index contributed by atoms with van der Waals surface area (Å²) in [5.41, 5.74) is 8.02. The average Bonchev–Trinajstić information content (AvgIpc) is 3.17. The van der Waals surface area contributed by atoms with Gasteiger partial charge in [0.25, 0.3) is 5.91 Å². The molecule has 0 saturated heterocycles. The molecule has 1 heterocycles. The number of nitrogens with one attached hydrogen (secondary N) is 1. The van der Waals surface area contributed by atoms with Gasteiger partial charge in [-0.3, -0.25) is 4.79 Å². The Hall–Kier alpha value is -3.65. The van der Waals surface area contributed by atoms with Crippen LogP contribution in [0.1, 0.15) is 41.9 Å². The molecule has 0 aliphatic rings. The smallest absolute Gasteiger partial charge is 0.269 e. The Bertz CT molecular complexity index is 1130. The van der Waals surface area contributed by atoms with Gasteiger partial charge in [-0.15, -0.1) is 0 Å². The van der Waals surface area contributed by atoms with Crippen LogP contribution in [0.25, 0.3) is 16.6 Å². The molecule has 7 nitrogen and oxygen atoms in total. The van der Waals surface area contributed by atoms with Gasteiger partial charge >= 0.3 is 0 Å². The quantitative estimate of drug-likeness (QED) is 0.565. The molecular formula is C23H25N5O2. The van der Waals surface area contributed by atoms with Crippen molar-refractivity contribution in [2.24, 2.45) is 5.73 Å². The predicted octanol–water partition coefficient (Wildman–Crippen LogP) is 2.34. The summed E-state index contributed by atoms with van der Waals surface area (Å²) < 4.78 is 1.57. The first kappa shape index (κ1) is 22.6. The lowest BCUT2D eigenvalue weighted by Crippen LogP contribution is -2.15. The Morgan fingerprint density at radius 2 is 2.03 bits per heavy atom. The zero-order chi connectivity index (χ0) is 22.1. The molecule has 1 aromatic heterocycles. The third-order valence-electron chi connectivity index (χ3n) is 4.19. The lowest BCUT2D eigenvalue weighted by Gasteiger charge is -2.05. The first-order chi connectivity index (χ1) is 14.5. The number of nitrogens with two attached hydrogens (primary N) is 1. The average molecular weight is 403 g/mol. The van der Waals surface area contributed by atoms with Crippen LogP contribution in [0.4, 0.5) is 0 Å². The number of primary amides is 1. The summed E-state index contributed by atoms with van der Waals surface area (Å²) in [7, 11) is 1.82. The molecule has 0 aliphatic heterocycles. The van der Waals surface area contributed by atoms with Gasteiger partial charge in [0.1, 0.15) is 6.10 Å². The van der Waals surface area contributed by atoms with Crippen molar-refractivity contribution in [3.63, 3.8) is 0 Å². The summed E-state index contributed by atoms with van der Waals surface area (Å²) >= 11 is 0. The largest absolute Gasteiger partial charge is 0.380 e. The second-order valence-corrected chi connectivity index (χ2v) is 6.20. The van der Waals surface area contributed by atoms with E-state index in [-0.39, 0.29) is 5.69 Å². The molecule has 1 atom stereocenters. The molecule has 0 spiro atoms. The Labute approximate surface area is 176 Å². The number of aliphatic hydroxyl groups excluding tert-OH is 1. The van der Waals surface area contributed by atoms with Crippen molar-refractivity contribution in [1.29, 1.82) is 5.26 Å². The van der Waals surface area contributed by atoms with Gasteiger partial charge in [-0.25, -0.2) is 4.68 Å². The third kappa shape index (κ3) is 5.24. The number of benzene rings is 2. The number of nitriles is 1. The van der Waals surface area contributed by atoms with Gasteiger partial charge in [0.15, 0.2) is 5.69 Å². The van der Waals surface area contributed by atoms with Crippen LogP contribution < -0.4 is 11.1 Å². The second-order valence-electron chi connectivity index (χ2n) is 6.20. The fraction of sp³-hybridized carbons (Fsp3) is 0.261. The Morgan fingerprint density at radius 1 is 1.27 bits per heavy atom. The molecule has 2 aromatic carbocycles. The van der Waals surface area contributed by atoms with E-state index in [1.54, 1.807) is 28.9 Å². The van der Waals surface area contributed by atoms with Crippen LogP contribution in [-0.4, -0.2) is 40.5 Å². The van der Waals surface area contributed by atoms with Crippen molar-refractivity contribution in [1.82, 2.24) is 15.1 Å². The van der Waals surface area contributed by atoms with Crippen molar-refractivity contribution in [3.05, 3.63) is 59.3 Å². The van der Waals surface area contributed by atoms with Crippen LogP contribution in [0.2, 0.25) is 0 Å². The minimum Gasteiger partial charge on any atom is -0.380 e. The molecule has 4 N–H and O–H groups in total. The summed E-state index contributed by atoms with van der Waals surface area (Å²) in [5.74, 6) is 5.12. The molecule has 3 aromatic rings. The normalized spacial score (nSPS) is 10.9. The molecule has 7 heteroatoms. The van der Waals surface area contributed by atoms with Crippen molar-refractivity contribution in [3.8, 4) is 23.6 Å². The third-order valence-corrected chi connectivity index (χ3v) is 4.19. The van der Waals surface area contributed by atoms with E-state index in [2.05, 4.69) is 28.3 Å². The van der Waals surface area contributed by atoms with Gasteiger partial charge in [0.05, 0.1) is 22.8 Å². The van der Waals surface area contributed by atoms with E-state index in [1.807, 2.05) is 39.1 Å². The molecule has 0 unspecified atom stereocenters. The van der Waals surface area contributed by atoms with Gasteiger partial charge in [-0.05, 0) is 56.4 Å². The highest BCUT2D eigenvalue weighted by Crippen LogP contribution is 2.23. The molecule has 0 saturated carbocycles. The van der Waals surface area contributed by atoms with Gasteiger partial charge < -0.3 is 16.2 Å². The van der Waals surface area contributed by atoms with E-state index in [4.69, 9.17) is 5.73 Å².